The number of aliphatic hydroxyl groups excluding tert-OH is 1. The topological polar surface area (TPSA) is 95.7 Å². The Kier molecular flexibility index (Phi) is 6.80. The van der Waals surface area contributed by atoms with Crippen LogP contribution in [-0.4, -0.2) is 50.7 Å². The van der Waals surface area contributed by atoms with Crippen LogP contribution in [0.25, 0.3) is 0 Å². The Hall–Kier alpha value is -1.15. The highest BCUT2D eigenvalue weighted by molar-refractivity contribution is 7.89. The number of aliphatic hydroxyl groups is 1. The molecular formula is C15H27N3O3S. The number of hydrogen-bond donors (Lipinski definition) is 3. The summed E-state index contributed by atoms with van der Waals surface area (Å²) < 4.78 is 27.2. The van der Waals surface area contributed by atoms with Crippen molar-refractivity contribution >= 4 is 15.7 Å². The number of nitrogens with two attached hydrogens (primary N) is 1. The molecule has 0 fully saturated rings. The van der Waals surface area contributed by atoms with E-state index in [0.29, 0.717) is 12.2 Å². The minimum atomic E-state index is -3.57. The predicted molar refractivity (Wildman–Crippen MR) is 89.0 cm³/mol. The second kappa shape index (κ2) is 7.92. The van der Waals surface area contributed by atoms with Gasteiger partial charge in [0.1, 0.15) is 0 Å². The third kappa shape index (κ3) is 5.24. The van der Waals surface area contributed by atoms with Crippen LogP contribution in [0.3, 0.4) is 0 Å². The Morgan fingerprint density at radius 3 is 2.23 bits per heavy atom. The van der Waals surface area contributed by atoms with Gasteiger partial charge in [-0.15, -0.1) is 0 Å². The van der Waals surface area contributed by atoms with E-state index in [-0.39, 0.29) is 29.5 Å². The fourth-order valence-electron chi connectivity index (χ4n) is 2.44. The predicted octanol–water partition coefficient (Wildman–Crippen LogP) is 0.884. The summed E-state index contributed by atoms with van der Waals surface area (Å²) in [5.41, 5.74) is 6.09. The summed E-state index contributed by atoms with van der Waals surface area (Å²) in [6.07, 6.45) is 0. The second-order valence-corrected chi connectivity index (χ2v) is 7.74. The molecule has 0 saturated carbocycles. The quantitative estimate of drug-likeness (QED) is 0.616. The summed E-state index contributed by atoms with van der Waals surface area (Å²) in [6.45, 7) is 6.42. The molecule has 6 nitrogen and oxygen atoms in total. The smallest absolute Gasteiger partial charge is 0.240 e. The molecule has 0 aliphatic carbocycles. The van der Waals surface area contributed by atoms with Gasteiger partial charge in [-0.25, -0.2) is 13.1 Å². The molecule has 0 saturated heterocycles. The van der Waals surface area contributed by atoms with Crippen LogP contribution in [0.2, 0.25) is 0 Å². The molecule has 1 aromatic rings. The summed E-state index contributed by atoms with van der Waals surface area (Å²) in [5.74, 6) is 0.288. The number of benzene rings is 1. The normalized spacial score (nSPS) is 15.2. The molecule has 0 radical (unpaired) electrons. The minimum Gasteiger partial charge on any atom is -0.399 e. The maximum Gasteiger partial charge on any atom is 0.240 e. The Morgan fingerprint density at radius 1 is 1.23 bits per heavy atom. The van der Waals surface area contributed by atoms with Crippen LogP contribution in [-0.2, 0) is 10.0 Å². The van der Waals surface area contributed by atoms with E-state index in [1.165, 1.54) is 12.1 Å². The first-order valence-electron chi connectivity index (χ1n) is 7.36. The largest absolute Gasteiger partial charge is 0.399 e. The van der Waals surface area contributed by atoms with Gasteiger partial charge in [-0.05, 0) is 44.2 Å². The summed E-state index contributed by atoms with van der Waals surface area (Å²) in [6, 6.07) is 5.82. The van der Waals surface area contributed by atoms with Crippen molar-refractivity contribution in [2.45, 2.75) is 37.8 Å². The average molecular weight is 329 g/mol. The van der Waals surface area contributed by atoms with E-state index in [2.05, 4.69) is 4.72 Å². The van der Waals surface area contributed by atoms with Crippen molar-refractivity contribution in [1.82, 2.24) is 9.62 Å². The molecule has 0 aliphatic heterocycles. The molecular weight excluding hydrogens is 302 g/mol. The number of nitrogens with zero attached hydrogens (tertiary/aromatic N) is 1. The van der Waals surface area contributed by atoms with Gasteiger partial charge in [-0.2, -0.15) is 0 Å². The molecule has 4 N–H and O–H groups in total. The molecule has 0 bridgehead atoms. The van der Waals surface area contributed by atoms with Gasteiger partial charge in [0.25, 0.3) is 0 Å². The summed E-state index contributed by atoms with van der Waals surface area (Å²) in [7, 11) is -1.69. The van der Waals surface area contributed by atoms with E-state index in [0.717, 1.165) is 0 Å². The van der Waals surface area contributed by atoms with Crippen molar-refractivity contribution in [2.24, 2.45) is 5.92 Å². The minimum absolute atomic E-state index is 0.00322. The first-order valence-corrected chi connectivity index (χ1v) is 8.84. The van der Waals surface area contributed by atoms with Crippen LogP contribution in [0.1, 0.15) is 20.8 Å². The van der Waals surface area contributed by atoms with Gasteiger partial charge in [0.05, 0.1) is 11.5 Å². The summed E-state index contributed by atoms with van der Waals surface area (Å²) >= 11 is 0. The lowest BCUT2D eigenvalue weighted by Crippen LogP contribution is -2.47. The first kappa shape index (κ1) is 18.9. The summed E-state index contributed by atoms with van der Waals surface area (Å²) in [4.78, 5) is 2.17. The molecule has 0 spiro atoms. The van der Waals surface area contributed by atoms with Gasteiger partial charge in [-0.3, -0.25) is 4.90 Å². The highest BCUT2D eigenvalue weighted by Crippen LogP contribution is 2.13. The van der Waals surface area contributed by atoms with E-state index in [9.17, 15) is 13.5 Å². The van der Waals surface area contributed by atoms with Gasteiger partial charge in [0.2, 0.25) is 10.0 Å². The zero-order chi connectivity index (χ0) is 16.9. The number of sulfonamides is 1. The molecule has 0 aliphatic rings. The Labute approximate surface area is 133 Å². The number of rotatable bonds is 8. The molecule has 1 rings (SSSR count). The van der Waals surface area contributed by atoms with Crippen molar-refractivity contribution in [3.63, 3.8) is 0 Å². The number of likely N-dealkylation sites (N-methyl/N-ethyl adjacent to an activating group) is 1. The lowest BCUT2D eigenvalue weighted by Gasteiger charge is -2.31. The molecule has 7 heteroatoms. The van der Waals surface area contributed by atoms with Crippen molar-refractivity contribution in [2.75, 3.05) is 25.9 Å². The average Bonchev–Trinajstić information content (AvgIpc) is 2.38. The van der Waals surface area contributed by atoms with E-state index < -0.39 is 10.0 Å². The van der Waals surface area contributed by atoms with Crippen LogP contribution >= 0.6 is 0 Å². The van der Waals surface area contributed by atoms with Crippen molar-refractivity contribution in [3.8, 4) is 0 Å². The third-order valence-electron chi connectivity index (χ3n) is 3.63. The Bertz CT molecular complexity index is 558. The van der Waals surface area contributed by atoms with Gasteiger partial charge in [0, 0.05) is 24.3 Å². The lowest BCUT2D eigenvalue weighted by molar-refractivity contribution is 0.108. The lowest BCUT2D eigenvalue weighted by atomic mass is 10.0. The standard InChI is InChI=1S/C15H27N3O3S/c1-11(2)15(10-19)18(4)9-12(3)17-22(20,21)14-7-5-13(16)6-8-14/h5-8,11-12,15,17,19H,9-10,16H2,1-4H3/t12-,15+/m0/s1. The van der Waals surface area contributed by atoms with Gasteiger partial charge < -0.3 is 10.8 Å². The molecule has 2 atom stereocenters. The SMILES string of the molecule is CC(C)[C@@H](CO)N(C)C[C@H](C)NS(=O)(=O)c1ccc(N)cc1. The van der Waals surface area contributed by atoms with Crippen LogP contribution in [0.5, 0.6) is 0 Å². The van der Waals surface area contributed by atoms with Crippen molar-refractivity contribution < 1.29 is 13.5 Å². The van der Waals surface area contributed by atoms with Crippen LogP contribution < -0.4 is 10.5 Å². The Morgan fingerprint density at radius 2 is 1.77 bits per heavy atom. The molecule has 126 valence electrons. The summed E-state index contributed by atoms with van der Waals surface area (Å²) in [5, 5.41) is 9.42. The fourth-order valence-corrected chi connectivity index (χ4v) is 3.68. The third-order valence-corrected chi connectivity index (χ3v) is 5.24. The molecule has 1 aromatic carbocycles. The van der Waals surface area contributed by atoms with E-state index in [4.69, 9.17) is 5.73 Å². The zero-order valence-corrected chi connectivity index (χ0v) is 14.5. The van der Waals surface area contributed by atoms with E-state index in [1.54, 1.807) is 19.1 Å². The van der Waals surface area contributed by atoms with Gasteiger partial charge in [0.15, 0.2) is 0 Å². The zero-order valence-electron chi connectivity index (χ0n) is 13.7. The number of hydrogen-bond acceptors (Lipinski definition) is 5. The fraction of sp³-hybridized carbons (Fsp3) is 0.600. The molecule has 0 aromatic heterocycles. The highest BCUT2D eigenvalue weighted by Gasteiger charge is 2.22. The van der Waals surface area contributed by atoms with Crippen LogP contribution in [0.4, 0.5) is 5.69 Å². The molecule has 22 heavy (non-hydrogen) atoms. The van der Waals surface area contributed by atoms with Crippen molar-refractivity contribution in [3.05, 3.63) is 24.3 Å². The maximum atomic E-state index is 12.3. The maximum absolute atomic E-state index is 12.3. The second-order valence-electron chi connectivity index (χ2n) is 6.02. The van der Waals surface area contributed by atoms with Crippen LogP contribution in [0, 0.1) is 5.92 Å². The highest BCUT2D eigenvalue weighted by atomic mass is 32.2. The molecule has 0 amide bonds. The van der Waals surface area contributed by atoms with E-state index in [1.807, 2.05) is 25.8 Å². The number of anilines is 1. The first-order chi connectivity index (χ1) is 10.2. The van der Waals surface area contributed by atoms with E-state index >= 15 is 0 Å². The number of nitrogen functional groups attached to an aromatic ring is 1. The van der Waals surface area contributed by atoms with Gasteiger partial charge in [-0.1, -0.05) is 13.8 Å². The monoisotopic (exact) mass is 329 g/mol. The Balaban J connectivity index is 2.71. The number of nitrogens with one attached hydrogen (secondary N) is 1. The molecule has 0 unspecified atom stereocenters. The van der Waals surface area contributed by atoms with Gasteiger partial charge >= 0.3 is 0 Å². The van der Waals surface area contributed by atoms with Crippen LogP contribution in [0.15, 0.2) is 29.2 Å². The molecule has 0 heterocycles. The van der Waals surface area contributed by atoms with Crippen molar-refractivity contribution in [1.29, 1.82) is 0 Å².